The topological polar surface area (TPSA) is 0 Å². The standard InChI is InChI=1S/C22H34.C2H6/c1-15-8-12-21(4)16(14-15)6-7-17-18(21)10-13-22(5)19(17)9-11-20(22,2)3;1-2/h14,17-19H,1,6-13H2,2-5H3;1-2H3. The third kappa shape index (κ3) is 2.38. The Morgan fingerprint density at radius 3 is 2.25 bits per heavy atom. The molecule has 0 aromatic rings. The molecule has 3 fully saturated rings. The van der Waals surface area contributed by atoms with Crippen LogP contribution in [0.25, 0.3) is 0 Å². The Bertz CT molecular complexity index is 536. The predicted octanol–water partition coefficient (Wildman–Crippen LogP) is 7.56. The summed E-state index contributed by atoms with van der Waals surface area (Å²) in [4.78, 5) is 0. The molecule has 0 saturated heterocycles. The van der Waals surface area contributed by atoms with Crippen molar-refractivity contribution in [3.63, 3.8) is 0 Å². The average Bonchev–Trinajstić information content (AvgIpc) is 2.80. The number of rotatable bonds is 0. The molecule has 0 aliphatic heterocycles. The van der Waals surface area contributed by atoms with Gasteiger partial charge < -0.3 is 0 Å². The fourth-order valence-corrected chi connectivity index (χ4v) is 7.14. The molecule has 5 unspecified atom stereocenters. The zero-order chi connectivity index (χ0) is 17.8. The summed E-state index contributed by atoms with van der Waals surface area (Å²) in [6.45, 7) is 18.6. The summed E-state index contributed by atoms with van der Waals surface area (Å²) in [5, 5.41) is 0. The number of hydrogen-bond donors (Lipinski definition) is 0. The van der Waals surface area contributed by atoms with E-state index in [2.05, 4.69) is 40.3 Å². The summed E-state index contributed by atoms with van der Waals surface area (Å²) in [6.07, 6.45) is 13.8. The fraction of sp³-hybridized carbons (Fsp3) is 0.833. The van der Waals surface area contributed by atoms with Gasteiger partial charge >= 0.3 is 0 Å². The molecule has 24 heavy (non-hydrogen) atoms. The molecular formula is C24H40. The van der Waals surface area contributed by atoms with Gasteiger partial charge in [0.15, 0.2) is 0 Å². The molecule has 5 atom stereocenters. The van der Waals surface area contributed by atoms with E-state index in [1.165, 1.54) is 56.9 Å². The summed E-state index contributed by atoms with van der Waals surface area (Å²) in [7, 11) is 0. The lowest BCUT2D eigenvalue weighted by Crippen LogP contribution is -2.51. The van der Waals surface area contributed by atoms with Crippen LogP contribution in [0.1, 0.15) is 92.9 Å². The molecule has 0 nitrogen and oxygen atoms in total. The maximum Gasteiger partial charge on any atom is -0.00790 e. The smallest absolute Gasteiger partial charge is 0.00790 e. The van der Waals surface area contributed by atoms with E-state index in [1.807, 2.05) is 13.8 Å². The Labute approximate surface area is 151 Å². The van der Waals surface area contributed by atoms with Gasteiger partial charge in [0, 0.05) is 0 Å². The molecule has 3 saturated carbocycles. The SMILES string of the molecule is C=C1C=C2CCC3C(CCC4(C)C3CCC4(C)C)C2(C)CC1.CC. The second-order valence-electron chi connectivity index (χ2n) is 10.0. The van der Waals surface area contributed by atoms with Crippen LogP contribution in [0.2, 0.25) is 0 Å². The highest BCUT2D eigenvalue weighted by atomic mass is 14.7. The minimum Gasteiger partial charge on any atom is -0.0958 e. The maximum atomic E-state index is 4.25. The lowest BCUT2D eigenvalue weighted by molar-refractivity contribution is -0.0693. The van der Waals surface area contributed by atoms with Crippen molar-refractivity contribution in [3.05, 3.63) is 23.8 Å². The minimum absolute atomic E-state index is 0.498. The van der Waals surface area contributed by atoms with Gasteiger partial charge in [-0.1, -0.05) is 65.3 Å². The largest absolute Gasteiger partial charge is 0.0958 e. The van der Waals surface area contributed by atoms with E-state index in [1.54, 1.807) is 5.57 Å². The van der Waals surface area contributed by atoms with Crippen LogP contribution in [0.15, 0.2) is 23.8 Å². The fourth-order valence-electron chi connectivity index (χ4n) is 7.14. The maximum absolute atomic E-state index is 4.25. The van der Waals surface area contributed by atoms with E-state index in [9.17, 15) is 0 Å². The van der Waals surface area contributed by atoms with E-state index >= 15 is 0 Å². The van der Waals surface area contributed by atoms with Crippen LogP contribution in [-0.4, -0.2) is 0 Å². The molecule has 0 heterocycles. The molecule has 4 aliphatic rings. The normalized spacial score (nSPS) is 46.0. The number of fused-ring (bicyclic) bond motifs is 5. The average molecular weight is 329 g/mol. The highest BCUT2D eigenvalue weighted by Crippen LogP contribution is 2.69. The summed E-state index contributed by atoms with van der Waals surface area (Å²) >= 11 is 0. The highest BCUT2D eigenvalue weighted by molar-refractivity contribution is 5.33. The Balaban J connectivity index is 0.000000815. The first kappa shape index (κ1) is 18.3. The lowest BCUT2D eigenvalue weighted by atomic mass is 9.45. The first-order valence-electron chi connectivity index (χ1n) is 10.7. The molecule has 4 aliphatic carbocycles. The van der Waals surface area contributed by atoms with Crippen LogP contribution in [-0.2, 0) is 0 Å². The van der Waals surface area contributed by atoms with E-state index in [0.717, 1.165) is 17.8 Å². The van der Waals surface area contributed by atoms with Gasteiger partial charge in [-0.3, -0.25) is 0 Å². The van der Waals surface area contributed by atoms with Crippen LogP contribution in [0, 0.1) is 34.0 Å². The molecule has 0 heteroatoms. The van der Waals surface area contributed by atoms with Gasteiger partial charge in [0.1, 0.15) is 0 Å². The third-order valence-corrected chi connectivity index (χ3v) is 9.10. The lowest BCUT2D eigenvalue weighted by Gasteiger charge is -2.59. The Morgan fingerprint density at radius 2 is 1.54 bits per heavy atom. The van der Waals surface area contributed by atoms with Crippen LogP contribution >= 0.6 is 0 Å². The zero-order valence-corrected chi connectivity index (χ0v) is 17.2. The zero-order valence-electron chi connectivity index (χ0n) is 17.2. The first-order chi connectivity index (χ1) is 11.3. The van der Waals surface area contributed by atoms with Crippen LogP contribution < -0.4 is 0 Å². The molecule has 0 bridgehead atoms. The van der Waals surface area contributed by atoms with Gasteiger partial charge in [-0.05, 0) is 85.4 Å². The first-order valence-corrected chi connectivity index (χ1v) is 10.7. The van der Waals surface area contributed by atoms with Gasteiger partial charge in [0.05, 0.1) is 0 Å². The van der Waals surface area contributed by atoms with Gasteiger partial charge in [-0.15, -0.1) is 0 Å². The molecule has 0 amide bonds. The summed E-state index contributed by atoms with van der Waals surface area (Å²) < 4.78 is 0. The van der Waals surface area contributed by atoms with Crippen LogP contribution in [0.4, 0.5) is 0 Å². The number of allylic oxidation sites excluding steroid dienone is 3. The van der Waals surface area contributed by atoms with Crippen molar-refractivity contribution in [2.24, 2.45) is 34.0 Å². The van der Waals surface area contributed by atoms with Crippen molar-refractivity contribution in [2.45, 2.75) is 92.9 Å². The molecule has 0 N–H and O–H groups in total. The monoisotopic (exact) mass is 328 g/mol. The summed E-state index contributed by atoms with van der Waals surface area (Å²) in [5.41, 5.74) is 4.79. The van der Waals surface area contributed by atoms with Crippen LogP contribution in [0.5, 0.6) is 0 Å². The molecule has 0 radical (unpaired) electrons. The molecule has 0 spiro atoms. The molecule has 0 aromatic carbocycles. The minimum atomic E-state index is 0.498. The van der Waals surface area contributed by atoms with Gasteiger partial charge in [-0.2, -0.15) is 0 Å². The second-order valence-corrected chi connectivity index (χ2v) is 10.0. The van der Waals surface area contributed by atoms with E-state index in [-0.39, 0.29) is 0 Å². The third-order valence-electron chi connectivity index (χ3n) is 9.10. The van der Waals surface area contributed by atoms with Gasteiger partial charge in [0.25, 0.3) is 0 Å². The molecule has 136 valence electrons. The molecule has 4 rings (SSSR count). The van der Waals surface area contributed by atoms with Crippen molar-refractivity contribution in [2.75, 3.05) is 0 Å². The van der Waals surface area contributed by atoms with Gasteiger partial charge in [0.2, 0.25) is 0 Å². The Morgan fingerprint density at radius 1 is 0.875 bits per heavy atom. The van der Waals surface area contributed by atoms with E-state index < -0.39 is 0 Å². The predicted molar refractivity (Wildman–Crippen MR) is 106 cm³/mol. The highest BCUT2D eigenvalue weighted by Gasteiger charge is 2.60. The Kier molecular flexibility index (Phi) is 4.59. The van der Waals surface area contributed by atoms with Crippen molar-refractivity contribution in [1.82, 2.24) is 0 Å². The quantitative estimate of drug-likeness (QED) is 0.430. The molecular weight excluding hydrogens is 288 g/mol. The summed E-state index contributed by atoms with van der Waals surface area (Å²) in [6, 6.07) is 0. The van der Waals surface area contributed by atoms with Crippen molar-refractivity contribution < 1.29 is 0 Å². The van der Waals surface area contributed by atoms with E-state index in [4.69, 9.17) is 0 Å². The molecule has 0 aromatic heterocycles. The number of hydrogen-bond acceptors (Lipinski definition) is 0. The van der Waals surface area contributed by atoms with Gasteiger partial charge in [-0.25, -0.2) is 0 Å². The Hall–Kier alpha value is -0.520. The van der Waals surface area contributed by atoms with Crippen molar-refractivity contribution in [1.29, 1.82) is 0 Å². The van der Waals surface area contributed by atoms with Crippen LogP contribution in [0.3, 0.4) is 0 Å². The van der Waals surface area contributed by atoms with E-state index in [0.29, 0.717) is 16.2 Å². The van der Waals surface area contributed by atoms with Crippen molar-refractivity contribution in [3.8, 4) is 0 Å². The summed E-state index contributed by atoms with van der Waals surface area (Å²) in [5.74, 6) is 2.94. The van der Waals surface area contributed by atoms with Crippen molar-refractivity contribution >= 4 is 0 Å². The second kappa shape index (κ2) is 6.03.